The second-order valence-corrected chi connectivity index (χ2v) is 8.05. The molecule has 1 unspecified atom stereocenters. The molecule has 1 fully saturated rings. The Morgan fingerprint density at radius 1 is 0.800 bits per heavy atom. The second kappa shape index (κ2) is 9.85. The van der Waals surface area contributed by atoms with E-state index in [9.17, 15) is 0 Å². The van der Waals surface area contributed by atoms with Gasteiger partial charge >= 0.3 is 0 Å². The van der Waals surface area contributed by atoms with Gasteiger partial charge in [0.2, 0.25) is 0 Å². The summed E-state index contributed by atoms with van der Waals surface area (Å²) in [5.74, 6) is 0.556. The lowest BCUT2D eigenvalue weighted by Crippen LogP contribution is -2.48. The number of nitrogen functional groups attached to an aromatic ring is 1. The van der Waals surface area contributed by atoms with Crippen LogP contribution in [0.3, 0.4) is 0 Å². The molecule has 0 radical (unpaired) electrons. The first kappa shape index (κ1) is 20.5. The number of hydrogen-bond acceptors (Lipinski definition) is 5. The molecule has 30 heavy (non-hydrogen) atoms. The van der Waals surface area contributed by atoms with E-state index in [-0.39, 0.29) is 6.04 Å². The predicted molar refractivity (Wildman–Crippen MR) is 124 cm³/mol. The number of rotatable bonds is 7. The van der Waals surface area contributed by atoms with Crippen LogP contribution in [-0.4, -0.2) is 54.1 Å². The van der Waals surface area contributed by atoms with E-state index in [1.807, 2.05) is 24.3 Å². The Bertz CT molecular complexity index is 918. The molecule has 0 bridgehead atoms. The van der Waals surface area contributed by atoms with Gasteiger partial charge in [-0.1, -0.05) is 60.7 Å². The highest BCUT2D eigenvalue weighted by atomic mass is 15.3. The first-order valence-corrected chi connectivity index (χ1v) is 10.7. The molecule has 1 aliphatic rings. The summed E-state index contributed by atoms with van der Waals surface area (Å²) < 4.78 is 0. The largest absolute Gasteiger partial charge is 0.384 e. The summed E-state index contributed by atoms with van der Waals surface area (Å²) in [5, 5.41) is 0. The molecule has 2 heterocycles. The summed E-state index contributed by atoms with van der Waals surface area (Å²) in [6.45, 7) is 6.40. The third-order valence-electron chi connectivity index (χ3n) is 5.88. The minimum Gasteiger partial charge on any atom is -0.384 e. The van der Waals surface area contributed by atoms with Gasteiger partial charge in [0, 0.05) is 50.9 Å². The molecule has 0 amide bonds. The van der Waals surface area contributed by atoms with Gasteiger partial charge in [0.25, 0.3) is 0 Å². The third-order valence-corrected chi connectivity index (χ3v) is 5.88. The quantitative estimate of drug-likeness (QED) is 0.636. The lowest BCUT2D eigenvalue weighted by molar-refractivity contribution is 0.128. The van der Waals surface area contributed by atoms with E-state index in [4.69, 9.17) is 11.5 Å². The van der Waals surface area contributed by atoms with Crippen LogP contribution in [0, 0.1) is 0 Å². The molecule has 1 atom stereocenters. The van der Waals surface area contributed by atoms with Gasteiger partial charge in [-0.15, -0.1) is 0 Å². The van der Waals surface area contributed by atoms with Gasteiger partial charge < -0.3 is 16.4 Å². The van der Waals surface area contributed by atoms with Crippen LogP contribution >= 0.6 is 0 Å². The van der Waals surface area contributed by atoms with Gasteiger partial charge in [-0.2, -0.15) is 0 Å². The van der Waals surface area contributed by atoms with E-state index >= 15 is 0 Å². The van der Waals surface area contributed by atoms with Gasteiger partial charge in [0.15, 0.2) is 0 Å². The molecule has 0 spiro atoms. The van der Waals surface area contributed by atoms with Crippen molar-refractivity contribution in [1.29, 1.82) is 0 Å². The molecule has 4 N–H and O–H groups in total. The van der Waals surface area contributed by atoms with Crippen LogP contribution in [0.25, 0.3) is 11.3 Å². The molecule has 156 valence electrons. The molecule has 4 rings (SSSR count). The van der Waals surface area contributed by atoms with Crippen LogP contribution < -0.4 is 11.5 Å². The summed E-state index contributed by atoms with van der Waals surface area (Å²) in [6.07, 6.45) is 1.06. The van der Waals surface area contributed by atoms with Crippen LogP contribution in [0.15, 0.2) is 72.8 Å². The highest BCUT2D eigenvalue weighted by Gasteiger charge is 2.19. The number of piperazine rings is 1. The van der Waals surface area contributed by atoms with E-state index in [2.05, 4.69) is 63.3 Å². The minimum atomic E-state index is 0.0886. The zero-order chi connectivity index (χ0) is 20.8. The van der Waals surface area contributed by atoms with Crippen molar-refractivity contribution < 1.29 is 0 Å². The van der Waals surface area contributed by atoms with Crippen LogP contribution in [-0.2, 0) is 6.42 Å². The lowest BCUT2D eigenvalue weighted by Gasteiger charge is -2.36. The van der Waals surface area contributed by atoms with Crippen LogP contribution in [0.2, 0.25) is 0 Å². The maximum atomic E-state index is 6.39. The number of hydrogen-bond donors (Lipinski definition) is 2. The summed E-state index contributed by atoms with van der Waals surface area (Å²) in [4.78, 5) is 9.44. The lowest BCUT2D eigenvalue weighted by atomic mass is 10.1. The molecular weight excluding hydrogens is 370 g/mol. The number of nitrogens with two attached hydrogens (primary N) is 2. The highest BCUT2D eigenvalue weighted by molar-refractivity contribution is 5.61. The van der Waals surface area contributed by atoms with E-state index < -0.39 is 0 Å². The van der Waals surface area contributed by atoms with E-state index in [0.717, 1.165) is 56.9 Å². The van der Waals surface area contributed by atoms with E-state index in [0.29, 0.717) is 5.82 Å². The van der Waals surface area contributed by atoms with Crippen molar-refractivity contribution in [3.63, 3.8) is 0 Å². The summed E-state index contributed by atoms with van der Waals surface area (Å²) in [6, 6.07) is 24.9. The standard InChI is InChI=1S/C25H31N5/c26-23(21-5-2-1-3-6-21)19-30-17-15-29(16-18-30)14-13-20-9-11-22(12-10-20)24-7-4-8-25(27)28-24/h1-12,23H,13-19,26H2,(H2,27,28). The number of nitrogens with zero attached hydrogens (tertiary/aromatic N) is 3. The zero-order valence-corrected chi connectivity index (χ0v) is 17.5. The molecular formula is C25H31N5. The van der Waals surface area contributed by atoms with Crippen molar-refractivity contribution in [1.82, 2.24) is 14.8 Å². The fourth-order valence-electron chi connectivity index (χ4n) is 4.02. The van der Waals surface area contributed by atoms with Crippen molar-refractivity contribution >= 4 is 5.82 Å². The molecule has 1 aromatic heterocycles. The smallest absolute Gasteiger partial charge is 0.124 e. The molecule has 0 saturated carbocycles. The second-order valence-electron chi connectivity index (χ2n) is 8.05. The summed E-state index contributed by atoms with van der Waals surface area (Å²) in [7, 11) is 0. The van der Waals surface area contributed by atoms with Crippen molar-refractivity contribution in [3.05, 3.63) is 83.9 Å². The summed E-state index contributed by atoms with van der Waals surface area (Å²) >= 11 is 0. The molecule has 1 saturated heterocycles. The Labute approximate surface area is 179 Å². The SMILES string of the molecule is Nc1cccc(-c2ccc(CCN3CCN(CC(N)c4ccccc4)CC3)cc2)n1. The Morgan fingerprint density at radius 3 is 2.20 bits per heavy atom. The Balaban J connectivity index is 1.22. The van der Waals surface area contributed by atoms with Gasteiger partial charge in [0.1, 0.15) is 5.82 Å². The normalized spacial score (nSPS) is 16.4. The van der Waals surface area contributed by atoms with Crippen molar-refractivity contribution in [2.75, 3.05) is 45.0 Å². The average Bonchev–Trinajstić information content (AvgIpc) is 2.79. The average molecular weight is 402 g/mol. The van der Waals surface area contributed by atoms with Crippen molar-refractivity contribution in [2.24, 2.45) is 5.73 Å². The molecule has 3 aromatic rings. The third kappa shape index (κ3) is 5.45. The van der Waals surface area contributed by atoms with Gasteiger partial charge in [0.05, 0.1) is 5.69 Å². The number of aromatic nitrogens is 1. The maximum absolute atomic E-state index is 6.39. The van der Waals surface area contributed by atoms with E-state index in [1.54, 1.807) is 0 Å². The van der Waals surface area contributed by atoms with Crippen LogP contribution in [0.4, 0.5) is 5.82 Å². The Hall–Kier alpha value is -2.73. The molecule has 2 aromatic carbocycles. The fourth-order valence-corrected chi connectivity index (χ4v) is 4.02. The van der Waals surface area contributed by atoms with Gasteiger partial charge in [-0.25, -0.2) is 4.98 Å². The van der Waals surface area contributed by atoms with Gasteiger partial charge in [-0.05, 0) is 29.7 Å². The first-order valence-electron chi connectivity index (χ1n) is 10.7. The van der Waals surface area contributed by atoms with Crippen LogP contribution in [0.5, 0.6) is 0 Å². The van der Waals surface area contributed by atoms with Crippen molar-refractivity contribution in [3.8, 4) is 11.3 Å². The molecule has 1 aliphatic heterocycles. The van der Waals surface area contributed by atoms with E-state index in [1.165, 1.54) is 11.1 Å². The number of anilines is 1. The summed E-state index contributed by atoms with van der Waals surface area (Å²) in [5.41, 5.74) is 16.8. The molecule has 0 aliphatic carbocycles. The maximum Gasteiger partial charge on any atom is 0.124 e. The predicted octanol–water partition coefficient (Wildman–Crippen LogP) is 3.19. The Morgan fingerprint density at radius 2 is 1.50 bits per heavy atom. The van der Waals surface area contributed by atoms with Gasteiger partial charge in [-0.3, -0.25) is 4.90 Å². The number of pyridine rings is 1. The highest BCUT2D eigenvalue weighted by Crippen LogP contribution is 2.19. The minimum absolute atomic E-state index is 0.0886. The van der Waals surface area contributed by atoms with Crippen LogP contribution in [0.1, 0.15) is 17.2 Å². The number of benzene rings is 2. The fraction of sp³-hybridized carbons (Fsp3) is 0.320. The Kier molecular flexibility index (Phi) is 6.74. The zero-order valence-electron chi connectivity index (χ0n) is 17.5. The topological polar surface area (TPSA) is 71.4 Å². The molecule has 5 heteroatoms. The monoisotopic (exact) mass is 401 g/mol. The molecule has 5 nitrogen and oxygen atoms in total. The first-order chi connectivity index (χ1) is 14.7. The van der Waals surface area contributed by atoms with Crippen molar-refractivity contribution in [2.45, 2.75) is 12.5 Å².